The quantitative estimate of drug-likeness (QED) is 0.781. The van der Waals surface area contributed by atoms with Gasteiger partial charge in [-0.05, 0) is 62.6 Å². The Kier molecular flexibility index (Phi) is 5.95. The van der Waals surface area contributed by atoms with Crippen LogP contribution in [0, 0.1) is 20.8 Å². The van der Waals surface area contributed by atoms with Gasteiger partial charge in [-0.2, -0.15) is 0 Å². The second kappa shape index (κ2) is 8.22. The number of halogens is 1. The molecule has 1 aliphatic heterocycles. The first-order valence-electron chi connectivity index (χ1n) is 9.39. The summed E-state index contributed by atoms with van der Waals surface area (Å²) in [7, 11) is 0. The molecule has 144 valence electrons. The third-order valence-electron chi connectivity index (χ3n) is 5.10. The molecule has 0 aromatic heterocycles. The van der Waals surface area contributed by atoms with E-state index in [9.17, 15) is 4.79 Å². The van der Waals surface area contributed by atoms with Crippen LogP contribution < -0.4 is 9.64 Å². The Labute approximate surface area is 166 Å². The number of ether oxygens (including phenoxy) is 1. The molecular formula is C22H27ClN2O2. The molecule has 0 spiro atoms. The lowest BCUT2D eigenvalue weighted by atomic mass is 10.1. The standard InChI is InChI=1S/C22H27ClN2O2/c1-15-5-6-17(3)21(13-15)27-18(4)22(26)25-11-9-24(10-12-25)20-14-19(23)8-7-16(20)2/h5-8,13-14,18H,9-12H2,1-4H3/t18-/m0/s1. The van der Waals surface area contributed by atoms with E-state index in [1.807, 2.05) is 62.1 Å². The number of hydrogen-bond acceptors (Lipinski definition) is 3. The lowest BCUT2D eigenvalue weighted by molar-refractivity contribution is -0.138. The van der Waals surface area contributed by atoms with Crippen LogP contribution in [0.4, 0.5) is 5.69 Å². The van der Waals surface area contributed by atoms with Crippen molar-refractivity contribution in [1.29, 1.82) is 0 Å². The van der Waals surface area contributed by atoms with Gasteiger partial charge in [0.2, 0.25) is 0 Å². The van der Waals surface area contributed by atoms with E-state index in [4.69, 9.17) is 16.3 Å². The van der Waals surface area contributed by atoms with E-state index in [1.165, 1.54) is 5.56 Å². The van der Waals surface area contributed by atoms with Gasteiger partial charge in [-0.25, -0.2) is 0 Å². The second-order valence-electron chi connectivity index (χ2n) is 7.27. The van der Waals surface area contributed by atoms with Crippen LogP contribution in [0.25, 0.3) is 0 Å². The Morgan fingerprint density at radius 3 is 2.37 bits per heavy atom. The van der Waals surface area contributed by atoms with Gasteiger partial charge in [-0.1, -0.05) is 29.8 Å². The minimum atomic E-state index is -0.495. The fourth-order valence-corrected chi connectivity index (χ4v) is 3.59. The Balaban J connectivity index is 1.61. The van der Waals surface area contributed by atoms with E-state index in [0.717, 1.165) is 40.7 Å². The van der Waals surface area contributed by atoms with Crippen LogP contribution in [0.3, 0.4) is 0 Å². The molecule has 2 aromatic rings. The highest BCUT2D eigenvalue weighted by molar-refractivity contribution is 6.30. The molecule has 5 heteroatoms. The normalized spacial score (nSPS) is 15.6. The van der Waals surface area contributed by atoms with Crippen molar-refractivity contribution >= 4 is 23.2 Å². The van der Waals surface area contributed by atoms with E-state index in [-0.39, 0.29) is 5.91 Å². The zero-order chi connectivity index (χ0) is 19.6. The van der Waals surface area contributed by atoms with Gasteiger partial charge < -0.3 is 14.5 Å². The van der Waals surface area contributed by atoms with Crippen molar-refractivity contribution in [1.82, 2.24) is 4.90 Å². The fourth-order valence-electron chi connectivity index (χ4n) is 3.42. The smallest absolute Gasteiger partial charge is 0.263 e. The van der Waals surface area contributed by atoms with E-state index in [0.29, 0.717) is 13.1 Å². The summed E-state index contributed by atoms with van der Waals surface area (Å²) in [5.74, 6) is 0.822. The molecular weight excluding hydrogens is 360 g/mol. The molecule has 0 N–H and O–H groups in total. The maximum atomic E-state index is 12.8. The summed E-state index contributed by atoms with van der Waals surface area (Å²) >= 11 is 6.15. The molecule has 1 atom stereocenters. The van der Waals surface area contributed by atoms with Crippen LogP contribution in [0.1, 0.15) is 23.6 Å². The average molecular weight is 387 g/mol. The number of hydrogen-bond donors (Lipinski definition) is 0. The molecule has 1 amide bonds. The van der Waals surface area contributed by atoms with E-state index in [2.05, 4.69) is 11.8 Å². The molecule has 27 heavy (non-hydrogen) atoms. The summed E-state index contributed by atoms with van der Waals surface area (Å²) in [6.07, 6.45) is -0.495. The van der Waals surface area contributed by atoms with E-state index >= 15 is 0 Å². The highest BCUT2D eigenvalue weighted by Gasteiger charge is 2.27. The predicted octanol–water partition coefficient (Wildman–Crippen LogP) is 4.38. The molecule has 0 unspecified atom stereocenters. The van der Waals surface area contributed by atoms with Crippen molar-refractivity contribution in [3.05, 3.63) is 58.1 Å². The van der Waals surface area contributed by atoms with Crippen molar-refractivity contribution in [2.45, 2.75) is 33.8 Å². The first-order valence-corrected chi connectivity index (χ1v) is 9.77. The number of carbonyl (C=O) groups is 1. The maximum Gasteiger partial charge on any atom is 0.263 e. The maximum absolute atomic E-state index is 12.8. The summed E-state index contributed by atoms with van der Waals surface area (Å²) in [5, 5.41) is 0.740. The topological polar surface area (TPSA) is 32.8 Å². The zero-order valence-corrected chi connectivity index (χ0v) is 17.2. The molecule has 1 heterocycles. The number of nitrogens with zero attached hydrogens (tertiary/aromatic N) is 2. The van der Waals surface area contributed by atoms with Crippen LogP contribution in [-0.2, 0) is 4.79 Å². The van der Waals surface area contributed by atoms with Crippen molar-refractivity contribution < 1.29 is 9.53 Å². The van der Waals surface area contributed by atoms with Gasteiger partial charge in [0.1, 0.15) is 5.75 Å². The van der Waals surface area contributed by atoms with Gasteiger partial charge >= 0.3 is 0 Å². The van der Waals surface area contributed by atoms with Gasteiger partial charge in [-0.15, -0.1) is 0 Å². The highest BCUT2D eigenvalue weighted by atomic mass is 35.5. The van der Waals surface area contributed by atoms with Crippen LogP contribution in [0.15, 0.2) is 36.4 Å². The van der Waals surface area contributed by atoms with Crippen LogP contribution >= 0.6 is 11.6 Å². The third-order valence-corrected chi connectivity index (χ3v) is 5.33. The number of anilines is 1. The molecule has 0 bridgehead atoms. The molecule has 1 saturated heterocycles. The van der Waals surface area contributed by atoms with Gasteiger partial charge in [0.15, 0.2) is 6.10 Å². The lowest BCUT2D eigenvalue weighted by Gasteiger charge is -2.37. The summed E-state index contributed by atoms with van der Waals surface area (Å²) in [6, 6.07) is 12.0. The van der Waals surface area contributed by atoms with Crippen molar-refractivity contribution in [3.8, 4) is 5.75 Å². The fraction of sp³-hybridized carbons (Fsp3) is 0.409. The minimum Gasteiger partial charge on any atom is -0.481 e. The molecule has 0 radical (unpaired) electrons. The van der Waals surface area contributed by atoms with Crippen molar-refractivity contribution in [2.24, 2.45) is 0 Å². The summed E-state index contributed by atoms with van der Waals surface area (Å²) in [4.78, 5) is 17.0. The number of aryl methyl sites for hydroxylation is 3. The number of piperazine rings is 1. The number of amides is 1. The molecule has 1 fully saturated rings. The van der Waals surface area contributed by atoms with Gasteiger partial charge in [0, 0.05) is 36.9 Å². The largest absolute Gasteiger partial charge is 0.481 e. The zero-order valence-electron chi connectivity index (χ0n) is 16.5. The van der Waals surface area contributed by atoms with Crippen molar-refractivity contribution in [2.75, 3.05) is 31.1 Å². The number of carbonyl (C=O) groups excluding carboxylic acids is 1. The SMILES string of the molecule is Cc1ccc(C)c(O[C@@H](C)C(=O)N2CCN(c3cc(Cl)ccc3C)CC2)c1. The van der Waals surface area contributed by atoms with Crippen LogP contribution in [-0.4, -0.2) is 43.1 Å². The number of benzene rings is 2. The van der Waals surface area contributed by atoms with Crippen molar-refractivity contribution in [3.63, 3.8) is 0 Å². The van der Waals surface area contributed by atoms with Crippen LogP contribution in [0.2, 0.25) is 5.02 Å². The minimum absolute atomic E-state index is 0.0402. The second-order valence-corrected chi connectivity index (χ2v) is 7.71. The molecule has 2 aromatic carbocycles. The summed E-state index contributed by atoms with van der Waals surface area (Å²) in [5.41, 5.74) is 4.52. The Hall–Kier alpha value is -2.20. The van der Waals surface area contributed by atoms with Crippen LogP contribution in [0.5, 0.6) is 5.75 Å². The Bertz CT molecular complexity index is 829. The lowest BCUT2D eigenvalue weighted by Crippen LogP contribution is -2.52. The van der Waals surface area contributed by atoms with Gasteiger partial charge in [0.05, 0.1) is 0 Å². The predicted molar refractivity (Wildman–Crippen MR) is 111 cm³/mol. The number of rotatable bonds is 4. The molecule has 0 saturated carbocycles. The monoisotopic (exact) mass is 386 g/mol. The van der Waals surface area contributed by atoms with Gasteiger partial charge in [-0.3, -0.25) is 4.79 Å². The van der Waals surface area contributed by atoms with Gasteiger partial charge in [0.25, 0.3) is 5.91 Å². The Morgan fingerprint density at radius 1 is 1.00 bits per heavy atom. The van der Waals surface area contributed by atoms with E-state index < -0.39 is 6.10 Å². The summed E-state index contributed by atoms with van der Waals surface area (Å²) in [6.45, 7) is 10.9. The molecule has 1 aliphatic rings. The average Bonchev–Trinajstić information content (AvgIpc) is 2.66. The third kappa shape index (κ3) is 4.56. The molecule has 4 nitrogen and oxygen atoms in total. The molecule has 0 aliphatic carbocycles. The summed E-state index contributed by atoms with van der Waals surface area (Å²) < 4.78 is 5.97. The molecule has 3 rings (SSSR count). The Morgan fingerprint density at radius 2 is 1.67 bits per heavy atom. The highest BCUT2D eigenvalue weighted by Crippen LogP contribution is 2.26. The first kappa shape index (κ1) is 19.6. The van der Waals surface area contributed by atoms with E-state index in [1.54, 1.807) is 0 Å². The first-order chi connectivity index (χ1) is 12.8.